The number of hydrogen-bond acceptors (Lipinski definition) is 7. The molecule has 0 saturated carbocycles. The second-order valence-electron chi connectivity index (χ2n) is 10.7. The fraction of sp³-hybridized carbons (Fsp3) is 0.355. The highest BCUT2D eigenvalue weighted by Gasteiger charge is 2.27. The number of nitrogens with zero attached hydrogens (tertiary/aromatic N) is 5. The molecule has 3 N–H and O–H groups in total. The molecule has 1 unspecified atom stereocenters. The Hall–Kier alpha value is -4.04. The van der Waals surface area contributed by atoms with Crippen molar-refractivity contribution >= 4 is 28.2 Å². The number of aromatic nitrogens is 3. The minimum atomic E-state index is 0.537. The monoisotopic (exact) mass is 523 g/mol. The highest BCUT2D eigenvalue weighted by molar-refractivity contribution is 5.97. The van der Waals surface area contributed by atoms with E-state index in [1.165, 1.54) is 39.8 Å². The van der Waals surface area contributed by atoms with E-state index < -0.39 is 0 Å². The van der Waals surface area contributed by atoms with Crippen LogP contribution < -0.4 is 20.7 Å². The van der Waals surface area contributed by atoms with Gasteiger partial charge in [-0.2, -0.15) is 0 Å². The summed E-state index contributed by atoms with van der Waals surface area (Å²) in [6.45, 7) is 3.06. The van der Waals surface area contributed by atoms with Gasteiger partial charge in [-0.1, -0.05) is 24.3 Å². The summed E-state index contributed by atoms with van der Waals surface area (Å²) in [7, 11) is 6.02. The minimum Gasteiger partial charge on any atom is -0.494 e. The Balaban J connectivity index is 1.36. The summed E-state index contributed by atoms with van der Waals surface area (Å²) in [4.78, 5) is 14.3. The number of ether oxygens (including phenoxy) is 1. The molecule has 2 aliphatic rings. The first-order valence-corrected chi connectivity index (χ1v) is 13.8. The third-order valence-electron chi connectivity index (χ3n) is 8.14. The van der Waals surface area contributed by atoms with Crippen LogP contribution in [-0.4, -0.2) is 59.8 Å². The molecule has 0 bridgehead atoms. The normalized spacial score (nSPS) is 17.0. The van der Waals surface area contributed by atoms with Crippen LogP contribution in [0.1, 0.15) is 24.1 Å². The maximum Gasteiger partial charge on any atom is 0.227 e. The van der Waals surface area contributed by atoms with Crippen LogP contribution in [-0.2, 0) is 19.4 Å². The van der Waals surface area contributed by atoms with Gasteiger partial charge in [0.25, 0.3) is 0 Å². The largest absolute Gasteiger partial charge is 0.494 e. The molecule has 0 radical (unpaired) electrons. The van der Waals surface area contributed by atoms with Gasteiger partial charge in [0.05, 0.1) is 18.5 Å². The van der Waals surface area contributed by atoms with Gasteiger partial charge in [-0.3, -0.25) is 0 Å². The van der Waals surface area contributed by atoms with E-state index in [4.69, 9.17) is 15.5 Å². The van der Waals surface area contributed by atoms with Crippen LogP contribution >= 0.6 is 0 Å². The number of hydrogen-bond donors (Lipinski definition) is 2. The molecule has 4 aromatic rings. The molecule has 202 valence electrons. The lowest BCUT2D eigenvalue weighted by molar-refractivity contribution is 0.315. The smallest absolute Gasteiger partial charge is 0.227 e. The summed E-state index contributed by atoms with van der Waals surface area (Å²) in [5.41, 5.74) is 13.7. The lowest BCUT2D eigenvalue weighted by Gasteiger charge is -2.25. The van der Waals surface area contributed by atoms with E-state index in [-0.39, 0.29) is 0 Å². The van der Waals surface area contributed by atoms with Crippen molar-refractivity contribution < 1.29 is 4.74 Å². The average molecular weight is 524 g/mol. The molecule has 0 amide bonds. The molecule has 6 rings (SSSR count). The van der Waals surface area contributed by atoms with Crippen LogP contribution in [0.25, 0.3) is 22.2 Å². The van der Waals surface area contributed by atoms with E-state index in [2.05, 4.69) is 75.2 Å². The van der Waals surface area contributed by atoms with Crippen molar-refractivity contribution in [3.8, 4) is 17.0 Å². The molecule has 8 nitrogen and oxygen atoms in total. The Morgan fingerprint density at radius 3 is 2.85 bits per heavy atom. The van der Waals surface area contributed by atoms with Gasteiger partial charge in [-0.05, 0) is 69.7 Å². The zero-order valence-corrected chi connectivity index (χ0v) is 23.0. The molecule has 1 fully saturated rings. The summed E-state index contributed by atoms with van der Waals surface area (Å²) in [6.07, 6.45) is 9.54. The average Bonchev–Trinajstić information content (AvgIpc) is 3.69. The predicted octanol–water partition coefficient (Wildman–Crippen LogP) is 4.95. The maximum atomic E-state index is 5.87. The molecule has 0 spiro atoms. The number of rotatable bonds is 8. The minimum absolute atomic E-state index is 0.537. The number of aryl methyl sites for hydroxylation is 1. The summed E-state index contributed by atoms with van der Waals surface area (Å²) in [6, 6.07) is 15.5. The molecule has 8 heteroatoms. The van der Waals surface area contributed by atoms with E-state index in [0.29, 0.717) is 12.0 Å². The van der Waals surface area contributed by atoms with Crippen molar-refractivity contribution in [3.05, 3.63) is 72.2 Å². The predicted molar refractivity (Wildman–Crippen MR) is 159 cm³/mol. The van der Waals surface area contributed by atoms with Gasteiger partial charge in [0, 0.05) is 65.8 Å². The number of allylic oxidation sites excluding steroid dienone is 1. The standard InChI is InChI=1S/C31H37N7O/c1-36(2)22-13-17-37(20-22)28-19-29(39-3)25(18-21(28)8-6-14-32)35-31-33-15-12-24(34-31)30-23-9-4-5-10-26(23)38-16-7-11-27(30)38/h4-6,9-10,12,14-15,18-19,22H,7-8,11,13,16-17,20,32H2,1-3H3,(H,33,34,35). The van der Waals surface area contributed by atoms with Gasteiger partial charge in [-0.25, -0.2) is 9.97 Å². The third-order valence-corrected chi connectivity index (χ3v) is 8.14. The second-order valence-corrected chi connectivity index (χ2v) is 10.7. The molecular formula is C31H37N7O. The van der Waals surface area contributed by atoms with Gasteiger partial charge in [0.2, 0.25) is 5.95 Å². The number of benzene rings is 2. The van der Waals surface area contributed by atoms with Gasteiger partial charge in [-0.15, -0.1) is 0 Å². The molecule has 1 saturated heterocycles. The van der Waals surface area contributed by atoms with Crippen LogP contribution in [0.5, 0.6) is 5.75 Å². The first-order chi connectivity index (χ1) is 19.1. The number of likely N-dealkylation sites (N-methyl/N-ethyl adjacent to an activating group) is 1. The molecule has 2 aromatic carbocycles. The fourth-order valence-electron chi connectivity index (χ4n) is 6.16. The van der Waals surface area contributed by atoms with Crippen LogP contribution in [0, 0.1) is 0 Å². The van der Waals surface area contributed by atoms with Crippen molar-refractivity contribution in [3.63, 3.8) is 0 Å². The van der Waals surface area contributed by atoms with Gasteiger partial charge in [0.1, 0.15) is 5.75 Å². The first kappa shape index (κ1) is 25.2. The van der Waals surface area contributed by atoms with Gasteiger partial charge in [0.15, 0.2) is 0 Å². The van der Waals surface area contributed by atoms with Crippen molar-refractivity contribution in [2.45, 2.75) is 38.3 Å². The Bertz CT molecular complexity index is 1520. The molecular weight excluding hydrogens is 486 g/mol. The van der Waals surface area contributed by atoms with E-state index in [1.54, 1.807) is 13.3 Å². The fourth-order valence-corrected chi connectivity index (χ4v) is 6.16. The molecule has 4 heterocycles. The number of methoxy groups -OCH3 is 1. The van der Waals surface area contributed by atoms with Crippen LogP contribution in [0.4, 0.5) is 17.3 Å². The molecule has 0 aliphatic carbocycles. The number of fused-ring (bicyclic) bond motifs is 3. The molecule has 39 heavy (non-hydrogen) atoms. The van der Waals surface area contributed by atoms with Crippen molar-refractivity contribution in [2.24, 2.45) is 5.73 Å². The third kappa shape index (κ3) is 4.69. The van der Waals surface area contributed by atoms with Crippen molar-refractivity contribution in [1.82, 2.24) is 19.4 Å². The van der Waals surface area contributed by atoms with Crippen LogP contribution in [0.3, 0.4) is 0 Å². The Labute approximate surface area is 230 Å². The number of nitrogens with one attached hydrogen (secondary N) is 1. The summed E-state index contributed by atoms with van der Waals surface area (Å²) in [5.74, 6) is 1.32. The van der Waals surface area contributed by atoms with Crippen molar-refractivity contribution in [2.75, 3.05) is 44.5 Å². The molecule has 2 aliphatic heterocycles. The molecule has 2 aromatic heterocycles. The van der Waals surface area contributed by atoms with E-state index in [9.17, 15) is 0 Å². The number of nitrogens with two attached hydrogens (primary N) is 1. The highest BCUT2D eigenvalue weighted by Crippen LogP contribution is 2.39. The quantitative estimate of drug-likeness (QED) is 0.338. The van der Waals surface area contributed by atoms with E-state index >= 15 is 0 Å². The van der Waals surface area contributed by atoms with Crippen LogP contribution in [0.2, 0.25) is 0 Å². The summed E-state index contributed by atoms with van der Waals surface area (Å²) < 4.78 is 8.31. The topological polar surface area (TPSA) is 84.5 Å². The zero-order chi connectivity index (χ0) is 26.9. The first-order valence-electron chi connectivity index (χ1n) is 13.8. The summed E-state index contributed by atoms with van der Waals surface area (Å²) in [5, 5.41) is 4.71. The van der Waals surface area contributed by atoms with Crippen molar-refractivity contribution in [1.29, 1.82) is 0 Å². The number of anilines is 3. The summed E-state index contributed by atoms with van der Waals surface area (Å²) >= 11 is 0. The Morgan fingerprint density at radius 1 is 1.18 bits per heavy atom. The van der Waals surface area contributed by atoms with Gasteiger partial charge >= 0.3 is 0 Å². The lowest BCUT2D eigenvalue weighted by Crippen LogP contribution is -2.31. The maximum absolute atomic E-state index is 5.87. The SMILES string of the molecule is COc1cc(N2CCC(N(C)C)C2)c(CC=CN)cc1Nc1nccc(-c2c3n(c4ccccc24)CCC3)n1. The number of para-hydroxylation sites is 1. The highest BCUT2D eigenvalue weighted by atomic mass is 16.5. The van der Waals surface area contributed by atoms with E-state index in [1.807, 2.05) is 18.3 Å². The van der Waals surface area contributed by atoms with E-state index in [0.717, 1.165) is 56.0 Å². The second kappa shape index (κ2) is 10.6. The lowest BCUT2D eigenvalue weighted by atomic mass is 10.1. The van der Waals surface area contributed by atoms with Crippen LogP contribution in [0.15, 0.2) is 60.9 Å². The molecule has 1 atom stereocenters. The Kier molecular flexibility index (Phi) is 6.87. The van der Waals surface area contributed by atoms with Gasteiger partial charge < -0.3 is 30.2 Å². The Morgan fingerprint density at radius 2 is 2.05 bits per heavy atom. The zero-order valence-electron chi connectivity index (χ0n) is 23.0.